The highest BCUT2D eigenvalue weighted by Gasteiger charge is 2.33. The van der Waals surface area contributed by atoms with Gasteiger partial charge in [0.05, 0.1) is 10.9 Å². The molecule has 1 atom stereocenters. The minimum Gasteiger partial charge on any atom is -0.382 e. The Labute approximate surface area is 190 Å². The molecule has 3 aromatic carbocycles. The lowest BCUT2D eigenvalue weighted by Gasteiger charge is -2.39. The summed E-state index contributed by atoms with van der Waals surface area (Å²) < 4.78 is 28.4. The standard InChI is InChI=1S/C26H29N3O2S/c1-20-18-23-19-24(12-13-25(23)27-20)32(30,31)29-16-14-28(15-17-29)26(21-8-4-2-5-9-21)22-10-6-3-7-11-22/h2-13,19-20,26-27H,14-18H2,1H3/t20-/m1/s1. The molecule has 3 aromatic rings. The summed E-state index contributed by atoms with van der Waals surface area (Å²) in [4.78, 5) is 2.80. The van der Waals surface area contributed by atoms with E-state index in [0.717, 1.165) is 17.7 Å². The van der Waals surface area contributed by atoms with Gasteiger partial charge in [-0.15, -0.1) is 0 Å². The van der Waals surface area contributed by atoms with Crippen LogP contribution >= 0.6 is 0 Å². The molecule has 2 heterocycles. The number of hydrogen-bond donors (Lipinski definition) is 1. The Morgan fingerprint density at radius 2 is 1.44 bits per heavy atom. The molecular formula is C26H29N3O2S. The second-order valence-corrected chi connectivity index (χ2v) is 10.7. The van der Waals surface area contributed by atoms with Crippen molar-refractivity contribution in [2.45, 2.75) is 30.3 Å². The molecule has 0 radical (unpaired) electrons. The number of benzene rings is 3. The Morgan fingerprint density at radius 1 is 0.844 bits per heavy atom. The fourth-order valence-corrected chi connectivity index (χ4v) is 6.40. The van der Waals surface area contributed by atoms with E-state index in [0.29, 0.717) is 37.1 Å². The van der Waals surface area contributed by atoms with Crippen molar-refractivity contribution in [2.24, 2.45) is 0 Å². The molecule has 0 aromatic heterocycles. The molecule has 1 saturated heterocycles. The lowest BCUT2D eigenvalue weighted by Crippen LogP contribution is -2.49. The number of sulfonamides is 1. The van der Waals surface area contributed by atoms with Crippen molar-refractivity contribution in [1.82, 2.24) is 9.21 Å². The fourth-order valence-electron chi connectivity index (χ4n) is 4.92. The van der Waals surface area contributed by atoms with E-state index in [1.807, 2.05) is 24.3 Å². The molecule has 0 amide bonds. The van der Waals surface area contributed by atoms with Crippen molar-refractivity contribution in [1.29, 1.82) is 0 Å². The number of nitrogens with one attached hydrogen (secondary N) is 1. The summed E-state index contributed by atoms with van der Waals surface area (Å²) in [6, 6.07) is 26.9. The largest absolute Gasteiger partial charge is 0.382 e. The summed E-state index contributed by atoms with van der Waals surface area (Å²) in [6.45, 7) is 4.48. The van der Waals surface area contributed by atoms with Crippen molar-refractivity contribution >= 4 is 15.7 Å². The van der Waals surface area contributed by atoms with Crippen LogP contribution in [0.25, 0.3) is 0 Å². The molecule has 166 valence electrons. The first-order valence-electron chi connectivity index (χ1n) is 11.3. The Balaban J connectivity index is 1.35. The maximum absolute atomic E-state index is 13.4. The summed E-state index contributed by atoms with van der Waals surface area (Å²) in [5.41, 5.74) is 4.60. The average molecular weight is 448 g/mol. The van der Waals surface area contributed by atoms with E-state index in [9.17, 15) is 8.42 Å². The Morgan fingerprint density at radius 3 is 2.03 bits per heavy atom. The zero-order valence-corrected chi connectivity index (χ0v) is 19.1. The van der Waals surface area contributed by atoms with Crippen LogP contribution in [0.4, 0.5) is 5.69 Å². The molecular weight excluding hydrogens is 418 g/mol. The lowest BCUT2D eigenvalue weighted by molar-refractivity contribution is 0.156. The predicted molar refractivity (Wildman–Crippen MR) is 128 cm³/mol. The van der Waals surface area contributed by atoms with Crippen LogP contribution in [0, 0.1) is 0 Å². The van der Waals surface area contributed by atoms with Crippen LogP contribution < -0.4 is 5.32 Å². The first-order chi connectivity index (χ1) is 15.5. The molecule has 0 aliphatic carbocycles. The highest BCUT2D eigenvalue weighted by Crippen LogP contribution is 2.32. The molecule has 0 saturated carbocycles. The van der Waals surface area contributed by atoms with Gasteiger partial charge in [-0.2, -0.15) is 4.31 Å². The van der Waals surface area contributed by atoms with E-state index in [1.165, 1.54) is 11.1 Å². The number of nitrogens with zero attached hydrogens (tertiary/aromatic N) is 2. The molecule has 0 bridgehead atoms. The Hall–Kier alpha value is -2.67. The van der Waals surface area contributed by atoms with Crippen LogP contribution in [0.1, 0.15) is 29.7 Å². The van der Waals surface area contributed by atoms with Gasteiger partial charge < -0.3 is 5.32 Å². The molecule has 0 unspecified atom stereocenters. The molecule has 0 spiro atoms. The van der Waals surface area contributed by atoms with Gasteiger partial charge in [-0.25, -0.2) is 8.42 Å². The number of fused-ring (bicyclic) bond motifs is 1. The first-order valence-corrected chi connectivity index (χ1v) is 12.7. The quantitative estimate of drug-likeness (QED) is 0.639. The van der Waals surface area contributed by atoms with Gasteiger partial charge in [0.2, 0.25) is 10.0 Å². The molecule has 1 fully saturated rings. The summed E-state index contributed by atoms with van der Waals surface area (Å²) in [7, 11) is -3.50. The molecule has 2 aliphatic rings. The number of anilines is 1. The smallest absolute Gasteiger partial charge is 0.243 e. The zero-order chi connectivity index (χ0) is 22.1. The Bertz CT molecular complexity index is 1130. The highest BCUT2D eigenvalue weighted by atomic mass is 32.2. The van der Waals surface area contributed by atoms with Gasteiger partial charge >= 0.3 is 0 Å². The number of hydrogen-bond acceptors (Lipinski definition) is 4. The van der Waals surface area contributed by atoms with Gasteiger partial charge in [0.15, 0.2) is 0 Å². The fraction of sp³-hybridized carbons (Fsp3) is 0.308. The lowest BCUT2D eigenvalue weighted by atomic mass is 9.96. The van der Waals surface area contributed by atoms with Crippen LogP contribution in [-0.2, 0) is 16.4 Å². The van der Waals surface area contributed by atoms with Crippen molar-refractivity contribution in [3.63, 3.8) is 0 Å². The van der Waals surface area contributed by atoms with E-state index >= 15 is 0 Å². The van der Waals surface area contributed by atoms with Crippen LogP contribution in [-0.4, -0.2) is 49.8 Å². The van der Waals surface area contributed by atoms with Crippen molar-refractivity contribution in [3.8, 4) is 0 Å². The van der Waals surface area contributed by atoms with E-state index < -0.39 is 10.0 Å². The second-order valence-electron chi connectivity index (χ2n) is 8.73. The normalized spacial score (nSPS) is 19.6. The van der Waals surface area contributed by atoms with Crippen LogP contribution in [0.2, 0.25) is 0 Å². The molecule has 32 heavy (non-hydrogen) atoms. The van der Waals surface area contributed by atoms with Crippen LogP contribution in [0.15, 0.2) is 83.8 Å². The highest BCUT2D eigenvalue weighted by molar-refractivity contribution is 7.89. The summed E-state index contributed by atoms with van der Waals surface area (Å²) in [5, 5.41) is 3.39. The average Bonchev–Trinajstić information content (AvgIpc) is 3.20. The predicted octanol–water partition coefficient (Wildman–Crippen LogP) is 4.14. The minimum absolute atomic E-state index is 0.120. The molecule has 1 N–H and O–H groups in total. The van der Waals surface area contributed by atoms with E-state index in [2.05, 4.69) is 65.7 Å². The van der Waals surface area contributed by atoms with Gasteiger partial charge in [0, 0.05) is 37.9 Å². The minimum atomic E-state index is -3.50. The van der Waals surface area contributed by atoms with Crippen LogP contribution in [0.3, 0.4) is 0 Å². The number of piperazine rings is 1. The van der Waals surface area contributed by atoms with E-state index in [1.54, 1.807) is 10.4 Å². The van der Waals surface area contributed by atoms with Gasteiger partial charge in [-0.05, 0) is 48.2 Å². The van der Waals surface area contributed by atoms with Crippen molar-refractivity contribution in [2.75, 3.05) is 31.5 Å². The molecule has 6 heteroatoms. The van der Waals surface area contributed by atoms with Crippen LogP contribution in [0.5, 0.6) is 0 Å². The molecule has 5 rings (SSSR count). The summed E-state index contributed by atoms with van der Waals surface area (Å²) in [5.74, 6) is 0. The van der Waals surface area contributed by atoms with Crippen molar-refractivity contribution < 1.29 is 8.42 Å². The zero-order valence-electron chi connectivity index (χ0n) is 18.3. The topological polar surface area (TPSA) is 52.7 Å². The third-order valence-corrected chi connectivity index (χ3v) is 8.41. The SMILES string of the molecule is C[C@@H]1Cc2cc(S(=O)(=O)N3CCN(C(c4ccccc4)c4ccccc4)CC3)ccc2N1. The third kappa shape index (κ3) is 4.06. The van der Waals surface area contributed by atoms with Gasteiger partial charge in [-0.1, -0.05) is 60.7 Å². The summed E-state index contributed by atoms with van der Waals surface area (Å²) in [6.07, 6.45) is 0.863. The van der Waals surface area contributed by atoms with Gasteiger partial charge in [0.1, 0.15) is 0 Å². The van der Waals surface area contributed by atoms with Gasteiger partial charge in [0.25, 0.3) is 0 Å². The Kier molecular flexibility index (Phi) is 5.76. The van der Waals surface area contributed by atoms with Gasteiger partial charge in [-0.3, -0.25) is 4.90 Å². The monoisotopic (exact) mass is 447 g/mol. The second kappa shape index (κ2) is 8.70. The molecule has 5 nitrogen and oxygen atoms in total. The van der Waals surface area contributed by atoms with Crippen molar-refractivity contribution in [3.05, 3.63) is 95.6 Å². The van der Waals surface area contributed by atoms with E-state index in [-0.39, 0.29) is 6.04 Å². The maximum atomic E-state index is 13.4. The summed E-state index contributed by atoms with van der Waals surface area (Å²) >= 11 is 0. The third-order valence-electron chi connectivity index (χ3n) is 6.51. The maximum Gasteiger partial charge on any atom is 0.243 e. The molecule has 2 aliphatic heterocycles. The number of rotatable bonds is 5. The first kappa shape index (κ1) is 21.2. The van der Waals surface area contributed by atoms with E-state index in [4.69, 9.17) is 0 Å².